The number of hydrogen-bond donors (Lipinski definition) is 1. The predicted molar refractivity (Wildman–Crippen MR) is 65.5 cm³/mol. The monoisotopic (exact) mass is 251 g/mol. The summed E-state index contributed by atoms with van der Waals surface area (Å²) in [6.07, 6.45) is 3.03. The van der Waals surface area contributed by atoms with Crippen molar-refractivity contribution in [1.82, 2.24) is 9.88 Å². The van der Waals surface area contributed by atoms with Gasteiger partial charge in [-0.2, -0.15) is 0 Å². The number of aromatic nitrogens is 1. The van der Waals surface area contributed by atoms with Crippen molar-refractivity contribution in [3.8, 4) is 5.75 Å². The highest BCUT2D eigenvalue weighted by Crippen LogP contribution is 2.19. The number of pyridine rings is 1. The molecule has 1 fully saturated rings. The fourth-order valence-corrected chi connectivity index (χ4v) is 1.94. The minimum absolute atomic E-state index is 0.0731. The van der Waals surface area contributed by atoms with Gasteiger partial charge in [-0.3, -0.25) is 9.78 Å². The highest BCUT2D eigenvalue weighted by Gasteiger charge is 2.25. The SMILES string of the molecule is COc1cnccc1C(=O)N1CCOC(CN)C1. The molecule has 6 heteroatoms. The van der Waals surface area contributed by atoms with Crippen LogP contribution < -0.4 is 10.5 Å². The van der Waals surface area contributed by atoms with E-state index < -0.39 is 0 Å². The molecular weight excluding hydrogens is 234 g/mol. The number of rotatable bonds is 3. The summed E-state index contributed by atoms with van der Waals surface area (Å²) in [4.78, 5) is 18.0. The molecule has 2 N–H and O–H groups in total. The minimum atomic E-state index is -0.0875. The first-order valence-electron chi connectivity index (χ1n) is 5.85. The van der Waals surface area contributed by atoms with Crippen LogP contribution in [0.2, 0.25) is 0 Å². The van der Waals surface area contributed by atoms with Crippen molar-refractivity contribution < 1.29 is 14.3 Å². The number of carbonyl (C=O) groups excluding carboxylic acids is 1. The highest BCUT2D eigenvalue weighted by atomic mass is 16.5. The third-order valence-corrected chi connectivity index (χ3v) is 2.92. The Hall–Kier alpha value is -1.66. The lowest BCUT2D eigenvalue weighted by Gasteiger charge is -2.32. The number of hydrogen-bond acceptors (Lipinski definition) is 5. The smallest absolute Gasteiger partial charge is 0.257 e. The zero-order valence-corrected chi connectivity index (χ0v) is 10.3. The summed E-state index contributed by atoms with van der Waals surface area (Å²) < 4.78 is 10.6. The van der Waals surface area contributed by atoms with E-state index in [1.165, 1.54) is 13.3 Å². The van der Waals surface area contributed by atoms with E-state index >= 15 is 0 Å². The van der Waals surface area contributed by atoms with E-state index in [0.717, 1.165) is 0 Å². The Kier molecular flexibility index (Phi) is 4.11. The third kappa shape index (κ3) is 2.60. The quantitative estimate of drug-likeness (QED) is 0.811. The summed E-state index contributed by atoms with van der Waals surface area (Å²) in [6, 6.07) is 1.66. The Labute approximate surface area is 106 Å². The lowest BCUT2D eigenvalue weighted by molar-refractivity contribution is -0.0168. The minimum Gasteiger partial charge on any atom is -0.494 e. The first-order chi connectivity index (χ1) is 8.76. The molecule has 1 aliphatic heterocycles. The molecule has 0 spiro atoms. The van der Waals surface area contributed by atoms with Crippen LogP contribution in [0, 0.1) is 0 Å². The van der Waals surface area contributed by atoms with E-state index in [-0.39, 0.29) is 12.0 Å². The zero-order chi connectivity index (χ0) is 13.0. The number of carbonyl (C=O) groups is 1. The molecule has 18 heavy (non-hydrogen) atoms. The normalized spacial score (nSPS) is 19.7. The first-order valence-corrected chi connectivity index (χ1v) is 5.85. The van der Waals surface area contributed by atoms with Crippen molar-refractivity contribution in [2.24, 2.45) is 5.73 Å². The van der Waals surface area contributed by atoms with Crippen molar-refractivity contribution in [3.05, 3.63) is 24.0 Å². The van der Waals surface area contributed by atoms with Gasteiger partial charge in [-0.05, 0) is 6.07 Å². The Morgan fingerprint density at radius 3 is 3.28 bits per heavy atom. The molecular formula is C12H17N3O3. The fourth-order valence-electron chi connectivity index (χ4n) is 1.94. The van der Waals surface area contributed by atoms with Crippen molar-refractivity contribution in [2.45, 2.75) is 6.10 Å². The number of nitrogens with two attached hydrogens (primary N) is 1. The summed E-state index contributed by atoms with van der Waals surface area (Å²) in [7, 11) is 1.52. The van der Waals surface area contributed by atoms with Crippen LogP contribution in [0.1, 0.15) is 10.4 Å². The van der Waals surface area contributed by atoms with Crippen molar-refractivity contribution in [3.63, 3.8) is 0 Å². The summed E-state index contributed by atoms with van der Waals surface area (Å²) in [5, 5.41) is 0. The predicted octanol–water partition coefficient (Wildman–Crippen LogP) is -0.110. The molecule has 0 bridgehead atoms. The Balaban J connectivity index is 2.15. The van der Waals surface area contributed by atoms with Crippen LogP contribution in [0.4, 0.5) is 0 Å². The molecule has 2 heterocycles. The molecule has 1 unspecified atom stereocenters. The van der Waals surface area contributed by atoms with Gasteiger partial charge >= 0.3 is 0 Å². The van der Waals surface area contributed by atoms with Crippen molar-refractivity contribution >= 4 is 5.91 Å². The molecule has 0 saturated carbocycles. The van der Waals surface area contributed by atoms with Gasteiger partial charge in [0.1, 0.15) is 5.75 Å². The summed E-state index contributed by atoms with van der Waals surface area (Å²) in [5.74, 6) is 0.411. The van der Waals surface area contributed by atoms with Crippen molar-refractivity contribution in [2.75, 3.05) is 33.4 Å². The fraction of sp³-hybridized carbons (Fsp3) is 0.500. The lowest BCUT2D eigenvalue weighted by Crippen LogP contribution is -2.48. The van der Waals surface area contributed by atoms with Gasteiger partial charge in [-0.25, -0.2) is 0 Å². The van der Waals surface area contributed by atoms with E-state index in [4.69, 9.17) is 15.2 Å². The Bertz CT molecular complexity index is 425. The average molecular weight is 251 g/mol. The van der Waals surface area contributed by atoms with E-state index in [0.29, 0.717) is 37.6 Å². The highest BCUT2D eigenvalue weighted by molar-refractivity contribution is 5.96. The van der Waals surface area contributed by atoms with E-state index in [2.05, 4.69) is 4.98 Å². The maximum atomic E-state index is 12.4. The van der Waals surface area contributed by atoms with Crippen LogP contribution in [0.15, 0.2) is 18.5 Å². The van der Waals surface area contributed by atoms with Crippen LogP contribution in [0.3, 0.4) is 0 Å². The van der Waals surface area contributed by atoms with Crippen molar-refractivity contribution in [1.29, 1.82) is 0 Å². The summed E-state index contributed by atoms with van der Waals surface area (Å²) >= 11 is 0. The Morgan fingerprint density at radius 1 is 1.72 bits per heavy atom. The molecule has 1 saturated heterocycles. The molecule has 1 atom stereocenters. The van der Waals surface area contributed by atoms with Gasteiger partial charge in [0.15, 0.2) is 0 Å². The zero-order valence-electron chi connectivity index (χ0n) is 10.3. The maximum Gasteiger partial charge on any atom is 0.257 e. The summed E-state index contributed by atoms with van der Waals surface area (Å²) in [6.45, 7) is 2.01. The second-order valence-electron chi connectivity index (χ2n) is 4.06. The van der Waals surface area contributed by atoms with Gasteiger partial charge in [-0.1, -0.05) is 0 Å². The van der Waals surface area contributed by atoms with Crippen LogP contribution in [0.25, 0.3) is 0 Å². The van der Waals surface area contributed by atoms with Gasteiger partial charge in [0, 0.05) is 25.8 Å². The average Bonchev–Trinajstić information content (AvgIpc) is 2.46. The number of amides is 1. The number of nitrogens with zero attached hydrogens (tertiary/aromatic N) is 2. The first kappa shape index (κ1) is 12.8. The molecule has 0 radical (unpaired) electrons. The summed E-state index contributed by atoms with van der Waals surface area (Å²) in [5.41, 5.74) is 6.08. The molecule has 1 aromatic rings. The molecule has 2 rings (SSSR count). The molecule has 1 aromatic heterocycles. The topological polar surface area (TPSA) is 77.7 Å². The number of morpholine rings is 1. The molecule has 0 aromatic carbocycles. The van der Waals surface area contributed by atoms with Gasteiger partial charge in [0.2, 0.25) is 0 Å². The molecule has 1 aliphatic rings. The van der Waals surface area contributed by atoms with Crippen LogP contribution in [0.5, 0.6) is 5.75 Å². The molecule has 6 nitrogen and oxygen atoms in total. The van der Waals surface area contributed by atoms with Crippen LogP contribution >= 0.6 is 0 Å². The maximum absolute atomic E-state index is 12.4. The lowest BCUT2D eigenvalue weighted by atomic mass is 10.2. The second kappa shape index (κ2) is 5.79. The number of ether oxygens (including phenoxy) is 2. The van der Waals surface area contributed by atoms with Gasteiger partial charge in [-0.15, -0.1) is 0 Å². The standard InChI is InChI=1S/C12H17N3O3/c1-17-11-7-14-3-2-10(11)12(16)15-4-5-18-9(6-13)8-15/h2-3,7,9H,4-6,8,13H2,1H3. The van der Waals surface area contributed by atoms with Gasteiger partial charge in [0.05, 0.1) is 31.6 Å². The largest absolute Gasteiger partial charge is 0.494 e. The molecule has 1 amide bonds. The number of methoxy groups -OCH3 is 1. The Morgan fingerprint density at radius 2 is 2.56 bits per heavy atom. The van der Waals surface area contributed by atoms with E-state index in [1.54, 1.807) is 17.2 Å². The van der Waals surface area contributed by atoms with E-state index in [9.17, 15) is 4.79 Å². The molecule has 98 valence electrons. The van der Waals surface area contributed by atoms with Gasteiger partial charge < -0.3 is 20.1 Å². The second-order valence-corrected chi connectivity index (χ2v) is 4.06. The third-order valence-electron chi connectivity index (χ3n) is 2.92. The van der Waals surface area contributed by atoms with Gasteiger partial charge in [0.25, 0.3) is 5.91 Å². The van der Waals surface area contributed by atoms with Crippen LogP contribution in [-0.2, 0) is 4.74 Å². The molecule has 0 aliphatic carbocycles. The van der Waals surface area contributed by atoms with E-state index in [1.807, 2.05) is 0 Å². The van der Waals surface area contributed by atoms with Crippen LogP contribution in [-0.4, -0.2) is 55.2 Å².